The number of nitrogens with one attached hydrogen (secondary N) is 1. The summed E-state index contributed by atoms with van der Waals surface area (Å²) in [6.07, 6.45) is 5.78. The Balaban J connectivity index is 1.74. The van der Waals surface area contributed by atoms with Gasteiger partial charge in [-0.15, -0.1) is 0 Å². The van der Waals surface area contributed by atoms with Crippen molar-refractivity contribution in [2.75, 3.05) is 18.0 Å². The molecule has 0 atom stereocenters. The van der Waals surface area contributed by atoms with E-state index in [0.29, 0.717) is 9.23 Å². The lowest BCUT2D eigenvalue weighted by atomic mass is 10.1. The summed E-state index contributed by atoms with van der Waals surface area (Å²) < 4.78 is 0.534. The van der Waals surface area contributed by atoms with Crippen molar-refractivity contribution in [3.63, 3.8) is 0 Å². The highest BCUT2D eigenvalue weighted by atomic mass is 32.2. The monoisotopic (exact) mass is 304 g/mol. The summed E-state index contributed by atoms with van der Waals surface area (Å²) in [6.45, 7) is 2.29. The van der Waals surface area contributed by atoms with Crippen molar-refractivity contribution in [1.82, 2.24) is 5.32 Å². The van der Waals surface area contributed by atoms with Crippen molar-refractivity contribution in [3.8, 4) is 0 Å². The number of piperidine rings is 1. The lowest BCUT2D eigenvalue weighted by Crippen LogP contribution is -2.29. The number of nitrogens with zero attached hydrogens (tertiary/aromatic N) is 1. The minimum Gasteiger partial charge on any atom is -0.372 e. The average Bonchev–Trinajstić information content (AvgIpc) is 2.79. The maximum atomic E-state index is 11.6. The molecule has 5 heteroatoms. The quantitative estimate of drug-likeness (QED) is 0.672. The molecular weight excluding hydrogens is 288 g/mol. The van der Waals surface area contributed by atoms with Crippen LogP contribution in [0.25, 0.3) is 6.08 Å². The molecular formula is C15H16N2OS2. The van der Waals surface area contributed by atoms with Gasteiger partial charge in [-0.25, -0.2) is 0 Å². The van der Waals surface area contributed by atoms with Gasteiger partial charge in [-0.2, -0.15) is 0 Å². The molecule has 104 valence electrons. The standard InChI is InChI=1S/C15H16N2OS2/c18-14-13(20-15(19)16-14)10-11-4-6-12(7-5-11)17-8-2-1-3-9-17/h4-7,10H,1-3,8-9H2,(H,16,18,19). The van der Waals surface area contributed by atoms with Crippen molar-refractivity contribution < 1.29 is 4.79 Å². The summed E-state index contributed by atoms with van der Waals surface area (Å²) in [5, 5.41) is 2.63. The Labute approximate surface area is 128 Å². The molecule has 0 spiro atoms. The molecule has 3 nitrogen and oxygen atoms in total. The predicted octanol–water partition coefficient (Wildman–Crippen LogP) is 3.17. The fraction of sp³-hybridized carbons (Fsp3) is 0.333. The molecule has 0 radical (unpaired) electrons. The van der Waals surface area contributed by atoms with Crippen LogP contribution in [0.5, 0.6) is 0 Å². The number of carbonyl (C=O) groups excluding carboxylic acids is 1. The second kappa shape index (κ2) is 5.97. The lowest BCUT2D eigenvalue weighted by molar-refractivity contribution is -0.115. The van der Waals surface area contributed by atoms with Crippen molar-refractivity contribution in [2.24, 2.45) is 0 Å². The minimum absolute atomic E-state index is 0.0971. The van der Waals surface area contributed by atoms with E-state index >= 15 is 0 Å². The van der Waals surface area contributed by atoms with Gasteiger partial charge in [0.15, 0.2) is 0 Å². The molecule has 0 saturated carbocycles. The van der Waals surface area contributed by atoms with Gasteiger partial charge in [-0.3, -0.25) is 4.79 Å². The van der Waals surface area contributed by atoms with Gasteiger partial charge < -0.3 is 10.2 Å². The highest BCUT2D eigenvalue weighted by molar-refractivity contribution is 8.26. The number of thiocarbonyl (C=S) groups is 1. The molecule has 20 heavy (non-hydrogen) atoms. The topological polar surface area (TPSA) is 32.3 Å². The zero-order chi connectivity index (χ0) is 13.9. The van der Waals surface area contributed by atoms with Crippen LogP contribution in [0.1, 0.15) is 24.8 Å². The summed E-state index contributed by atoms with van der Waals surface area (Å²) in [4.78, 5) is 14.7. The molecule has 2 fully saturated rings. The van der Waals surface area contributed by atoms with Crippen LogP contribution in [-0.4, -0.2) is 23.3 Å². The van der Waals surface area contributed by atoms with Gasteiger partial charge in [-0.1, -0.05) is 36.1 Å². The Morgan fingerprint density at radius 1 is 1.15 bits per heavy atom. The number of hydrogen-bond acceptors (Lipinski definition) is 4. The Hall–Kier alpha value is -1.33. The molecule has 1 aromatic carbocycles. The fourth-order valence-electron chi connectivity index (χ4n) is 2.51. The molecule has 2 saturated heterocycles. The summed E-state index contributed by atoms with van der Waals surface area (Å²) in [6, 6.07) is 8.39. The van der Waals surface area contributed by atoms with Crippen molar-refractivity contribution in [2.45, 2.75) is 19.3 Å². The first-order chi connectivity index (χ1) is 9.72. The van der Waals surface area contributed by atoms with Crippen LogP contribution < -0.4 is 10.2 Å². The van der Waals surface area contributed by atoms with Crippen LogP contribution in [0.2, 0.25) is 0 Å². The largest absolute Gasteiger partial charge is 0.372 e. The van der Waals surface area contributed by atoms with Gasteiger partial charge in [0.1, 0.15) is 4.32 Å². The number of thioether (sulfide) groups is 1. The smallest absolute Gasteiger partial charge is 0.263 e. The first kappa shape index (κ1) is 13.6. The van der Waals surface area contributed by atoms with Crippen LogP contribution in [-0.2, 0) is 4.79 Å². The van der Waals surface area contributed by atoms with E-state index in [9.17, 15) is 4.79 Å². The lowest BCUT2D eigenvalue weighted by Gasteiger charge is -2.28. The van der Waals surface area contributed by atoms with Crippen molar-refractivity contribution >= 4 is 46.0 Å². The van der Waals surface area contributed by atoms with E-state index in [4.69, 9.17) is 12.2 Å². The molecule has 2 aliphatic rings. The number of hydrogen-bond donors (Lipinski definition) is 1. The molecule has 2 aliphatic heterocycles. The first-order valence-corrected chi connectivity index (χ1v) is 8.05. The van der Waals surface area contributed by atoms with E-state index < -0.39 is 0 Å². The van der Waals surface area contributed by atoms with Gasteiger partial charge in [-0.05, 0) is 43.0 Å². The van der Waals surface area contributed by atoms with Gasteiger partial charge in [0, 0.05) is 18.8 Å². The van der Waals surface area contributed by atoms with Crippen LogP contribution in [0.15, 0.2) is 29.2 Å². The van der Waals surface area contributed by atoms with E-state index in [0.717, 1.165) is 18.7 Å². The summed E-state index contributed by atoms with van der Waals surface area (Å²) in [5.41, 5.74) is 2.30. The Morgan fingerprint density at radius 2 is 1.85 bits per heavy atom. The van der Waals surface area contributed by atoms with Gasteiger partial charge >= 0.3 is 0 Å². The molecule has 1 amide bonds. The number of carbonyl (C=O) groups is 1. The van der Waals surface area contributed by atoms with E-state index in [1.54, 1.807) is 0 Å². The Bertz CT molecular complexity index is 560. The molecule has 1 aromatic rings. The van der Waals surface area contributed by atoms with Gasteiger partial charge in [0.25, 0.3) is 5.91 Å². The van der Waals surface area contributed by atoms with Crippen LogP contribution in [0.4, 0.5) is 5.69 Å². The van der Waals surface area contributed by atoms with Crippen molar-refractivity contribution in [1.29, 1.82) is 0 Å². The second-order valence-corrected chi connectivity index (χ2v) is 6.71. The number of anilines is 1. The first-order valence-electron chi connectivity index (χ1n) is 6.82. The summed E-state index contributed by atoms with van der Waals surface area (Å²) in [7, 11) is 0. The number of rotatable bonds is 2. The maximum absolute atomic E-state index is 11.6. The number of amides is 1. The Morgan fingerprint density at radius 3 is 2.45 bits per heavy atom. The van der Waals surface area contributed by atoms with Crippen LogP contribution in [0, 0.1) is 0 Å². The molecule has 3 rings (SSSR count). The summed E-state index contributed by atoms with van der Waals surface area (Å²) in [5.74, 6) is -0.0971. The average molecular weight is 304 g/mol. The third-order valence-electron chi connectivity index (χ3n) is 3.55. The third kappa shape index (κ3) is 3.04. The predicted molar refractivity (Wildman–Crippen MR) is 88.8 cm³/mol. The number of benzene rings is 1. The second-order valence-electron chi connectivity index (χ2n) is 4.99. The van der Waals surface area contributed by atoms with E-state index in [-0.39, 0.29) is 5.91 Å². The summed E-state index contributed by atoms with van der Waals surface area (Å²) >= 11 is 6.30. The molecule has 0 bridgehead atoms. The Kier molecular flexibility index (Phi) is 4.08. The SMILES string of the molecule is O=C1NC(=S)SC1=Cc1ccc(N2CCCCC2)cc1. The molecule has 0 aromatic heterocycles. The molecule has 1 N–H and O–H groups in total. The normalized spacial score (nSPS) is 21.4. The van der Waals surface area contributed by atoms with Crippen molar-refractivity contribution in [3.05, 3.63) is 34.7 Å². The van der Waals surface area contributed by atoms with E-state index in [1.165, 1.54) is 36.7 Å². The van der Waals surface area contributed by atoms with Crippen LogP contribution in [0.3, 0.4) is 0 Å². The minimum atomic E-state index is -0.0971. The van der Waals surface area contributed by atoms with E-state index in [2.05, 4.69) is 34.5 Å². The van der Waals surface area contributed by atoms with Crippen LogP contribution >= 0.6 is 24.0 Å². The maximum Gasteiger partial charge on any atom is 0.263 e. The molecule has 2 heterocycles. The third-order valence-corrected chi connectivity index (χ3v) is 4.72. The zero-order valence-electron chi connectivity index (χ0n) is 11.1. The highest BCUT2D eigenvalue weighted by Crippen LogP contribution is 2.27. The highest BCUT2D eigenvalue weighted by Gasteiger charge is 2.21. The fourth-order valence-corrected chi connectivity index (χ4v) is 3.55. The van der Waals surface area contributed by atoms with Gasteiger partial charge in [0.05, 0.1) is 4.91 Å². The molecule has 0 unspecified atom stereocenters. The zero-order valence-corrected chi connectivity index (χ0v) is 12.7. The van der Waals surface area contributed by atoms with Gasteiger partial charge in [0.2, 0.25) is 0 Å². The molecule has 0 aliphatic carbocycles. The van der Waals surface area contributed by atoms with E-state index in [1.807, 2.05) is 6.08 Å².